The van der Waals surface area contributed by atoms with Gasteiger partial charge in [0.1, 0.15) is 0 Å². The van der Waals surface area contributed by atoms with Gasteiger partial charge in [-0.15, -0.1) is 0 Å². The first kappa shape index (κ1) is 17.2. The summed E-state index contributed by atoms with van der Waals surface area (Å²) in [6.45, 7) is 2.70. The van der Waals surface area contributed by atoms with Crippen molar-refractivity contribution in [1.82, 2.24) is 9.80 Å². The number of esters is 1. The van der Waals surface area contributed by atoms with Crippen LogP contribution in [0.3, 0.4) is 0 Å². The van der Waals surface area contributed by atoms with Crippen LogP contribution in [0.15, 0.2) is 0 Å². The summed E-state index contributed by atoms with van der Waals surface area (Å²) in [5.41, 5.74) is 0. The minimum atomic E-state index is -0.878. The molecule has 0 aromatic rings. The number of aliphatic carboxylic acids is 1. The van der Waals surface area contributed by atoms with E-state index in [0.717, 1.165) is 0 Å². The van der Waals surface area contributed by atoms with Gasteiger partial charge in [-0.25, -0.2) is 4.79 Å². The molecule has 0 saturated heterocycles. The lowest BCUT2D eigenvalue weighted by atomic mass is 10.3. The third-order valence-corrected chi connectivity index (χ3v) is 2.49. The third kappa shape index (κ3) is 8.01. The quantitative estimate of drug-likeness (QED) is 0.661. The van der Waals surface area contributed by atoms with Crippen molar-refractivity contribution in [2.75, 3.05) is 33.8 Å². The molecule has 0 spiro atoms. The predicted molar refractivity (Wildman–Crippen MR) is 68.8 cm³/mol. The Bertz CT molecular complexity index is 319. The second-order valence-electron chi connectivity index (χ2n) is 4.18. The van der Waals surface area contributed by atoms with E-state index >= 15 is 0 Å². The molecule has 0 aromatic carbocycles. The fourth-order valence-corrected chi connectivity index (χ4v) is 1.44. The highest BCUT2D eigenvalue weighted by Gasteiger charge is 2.15. The maximum atomic E-state index is 11.8. The van der Waals surface area contributed by atoms with E-state index in [9.17, 15) is 14.4 Å². The highest BCUT2D eigenvalue weighted by atomic mass is 16.5. The highest BCUT2D eigenvalue weighted by molar-refractivity contribution is 5.75. The second kappa shape index (κ2) is 9.18. The SMILES string of the molecule is CCOC(=O)CCN(C)C(=O)N(C)CCCC(=O)O. The Morgan fingerprint density at radius 2 is 1.63 bits per heavy atom. The molecule has 1 N–H and O–H groups in total. The van der Waals surface area contributed by atoms with Gasteiger partial charge in [-0.2, -0.15) is 0 Å². The maximum absolute atomic E-state index is 11.8. The largest absolute Gasteiger partial charge is 0.481 e. The molecule has 7 nitrogen and oxygen atoms in total. The number of carbonyl (C=O) groups excluding carboxylic acids is 2. The van der Waals surface area contributed by atoms with Crippen molar-refractivity contribution in [2.45, 2.75) is 26.2 Å². The molecule has 0 aromatic heterocycles. The van der Waals surface area contributed by atoms with Crippen molar-refractivity contribution in [3.05, 3.63) is 0 Å². The van der Waals surface area contributed by atoms with E-state index in [1.165, 1.54) is 9.80 Å². The van der Waals surface area contributed by atoms with Crippen LogP contribution < -0.4 is 0 Å². The lowest BCUT2D eigenvalue weighted by molar-refractivity contribution is -0.143. The first-order chi connectivity index (χ1) is 8.88. The first-order valence-electron chi connectivity index (χ1n) is 6.22. The van der Waals surface area contributed by atoms with E-state index in [2.05, 4.69) is 0 Å². The van der Waals surface area contributed by atoms with Gasteiger partial charge in [0.05, 0.1) is 13.0 Å². The predicted octanol–water partition coefficient (Wildman–Crippen LogP) is 0.788. The monoisotopic (exact) mass is 274 g/mol. The number of ether oxygens (including phenoxy) is 1. The Morgan fingerprint density at radius 3 is 2.16 bits per heavy atom. The number of urea groups is 1. The molecule has 0 fully saturated rings. The van der Waals surface area contributed by atoms with Gasteiger partial charge < -0.3 is 19.6 Å². The number of carbonyl (C=O) groups is 3. The molecule has 0 heterocycles. The third-order valence-electron chi connectivity index (χ3n) is 2.49. The van der Waals surface area contributed by atoms with Crippen LogP contribution in [0.1, 0.15) is 26.2 Å². The minimum Gasteiger partial charge on any atom is -0.481 e. The van der Waals surface area contributed by atoms with Crippen molar-refractivity contribution in [1.29, 1.82) is 0 Å². The fraction of sp³-hybridized carbons (Fsp3) is 0.750. The molecular formula is C12H22N2O5. The van der Waals surface area contributed by atoms with Gasteiger partial charge in [-0.3, -0.25) is 9.59 Å². The summed E-state index contributed by atoms with van der Waals surface area (Å²) in [5, 5.41) is 8.50. The molecule has 0 unspecified atom stereocenters. The van der Waals surface area contributed by atoms with Crippen LogP contribution in [0.5, 0.6) is 0 Å². The summed E-state index contributed by atoms with van der Waals surface area (Å²) in [5.74, 6) is -1.22. The minimum absolute atomic E-state index is 0.0319. The van der Waals surface area contributed by atoms with Crippen LogP contribution in [0.2, 0.25) is 0 Å². The zero-order valence-electron chi connectivity index (χ0n) is 11.7. The molecule has 7 heteroatoms. The van der Waals surface area contributed by atoms with E-state index < -0.39 is 5.97 Å². The molecule has 19 heavy (non-hydrogen) atoms. The molecule has 0 saturated carbocycles. The van der Waals surface area contributed by atoms with Crippen molar-refractivity contribution in [2.24, 2.45) is 0 Å². The molecular weight excluding hydrogens is 252 g/mol. The molecule has 0 atom stereocenters. The number of carboxylic acids is 1. The van der Waals surface area contributed by atoms with Gasteiger partial charge >= 0.3 is 18.0 Å². The number of carboxylic acid groups (broad SMARTS) is 1. The van der Waals surface area contributed by atoms with Gasteiger partial charge in [-0.05, 0) is 13.3 Å². The molecule has 2 amide bonds. The van der Waals surface area contributed by atoms with E-state index in [1.54, 1.807) is 21.0 Å². The smallest absolute Gasteiger partial charge is 0.319 e. The fourth-order valence-electron chi connectivity index (χ4n) is 1.44. The molecule has 0 aliphatic heterocycles. The first-order valence-corrected chi connectivity index (χ1v) is 6.22. The van der Waals surface area contributed by atoms with E-state index in [1.807, 2.05) is 0 Å². The van der Waals surface area contributed by atoms with Crippen molar-refractivity contribution < 1.29 is 24.2 Å². The number of amides is 2. The van der Waals surface area contributed by atoms with Crippen LogP contribution >= 0.6 is 0 Å². The maximum Gasteiger partial charge on any atom is 0.319 e. The summed E-state index contributed by atoms with van der Waals surface area (Å²) >= 11 is 0. The van der Waals surface area contributed by atoms with Crippen LogP contribution in [0, 0.1) is 0 Å². The topological polar surface area (TPSA) is 87.2 Å². The normalized spacial score (nSPS) is 9.84. The zero-order valence-corrected chi connectivity index (χ0v) is 11.7. The number of hydrogen-bond donors (Lipinski definition) is 1. The van der Waals surface area contributed by atoms with Crippen molar-refractivity contribution >= 4 is 18.0 Å². The molecule has 110 valence electrons. The molecule has 0 aliphatic carbocycles. The van der Waals surface area contributed by atoms with Crippen LogP contribution in [0.4, 0.5) is 4.79 Å². The standard InChI is InChI=1S/C12H22N2O5/c1-4-19-11(17)7-9-14(3)12(18)13(2)8-5-6-10(15)16/h4-9H2,1-3H3,(H,15,16). The number of rotatable bonds is 8. The summed E-state index contributed by atoms with van der Waals surface area (Å²) in [6, 6.07) is -0.241. The van der Waals surface area contributed by atoms with Crippen LogP contribution in [-0.2, 0) is 14.3 Å². The average molecular weight is 274 g/mol. The van der Waals surface area contributed by atoms with Crippen molar-refractivity contribution in [3.8, 4) is 0 Å². The lowest BCUT2D eigenvalue weighted by Crippen LogP contribution is -2.40. The lowest BCUT2D eigenvalue weighted by Gasteiger charge is -2.24. The summed E-state index contributed by atoms with van der Waals surface area (Å²) in [4.78, 5) is 36.2. The summed E-state index contributed by atoms with van der Waals surface area (Å²) in [7, 11) is 3.19. The molecule has 0 aliphatic rings. The summed E-state index contributed by atoms with van der Waals surface area (Å²) in [6.07, 6.45) is 0.590. The molecule has 0 rings (SSSR count). The Morgan fingerprint density at radius 1 is 1.05 bits per heavy atom. The van der Waals surface area contributed by atoms with E-state index in [-0.39, 0.29) is 31.4 Å². The Hall–Kier alpha value is -1.79. The molecule has 0 bridgehead atoms. The average Bonchev–Trinajstić information content (AvgIpc) is 2.34. The zero-order chi connectivity index (χ0) is 14.8. The summed E-state index contributed by atoms with van der Waals surface area (Å²) < 4.78 is 4.77. The van der Waals surface area contributed by atoms with E-state index in [0.29, 0.717) is 19.6 Å². The van der Waals surface area contributed by atoms with Gasteiger partial charge in [0.2, 0.25) is 0 Å². The van der Waals surface area contributed by atoms with E-state index in [4.69, 9.17) is 9.84 Å². The van der Waals surface area contributed by atoms with Crippen LogP contribution in [-0.4, -0.2) is 66.7 Å². The van der Waals surface area contributed by atoms with Gasteiger partial charge in [0.15, 0.2) is 0 Å². The van der Waals surface area contributed by atoms with Crippen molar-refractivity contribution in [3.63, 3.8) is 0 Å². The van der Waals surface area contributed by atoms with Crippen LogP contribution in [0.25, 0.3) is 0 Å². The highest BCUT2D eigenvalue weighted by Crippen LogP contribution is 2.00. The van der Waals surface area contributed by atoms with Gasteiger partial charge in [0, 0.05) is 33.6 Å². The molecule has 0 radical (unpaired) electrons. The number of hydrogen-bond acceptors (Lipinski definition) is 4. The Balaban J connectivity index is 3.96. The number of nitrogens with zero attached hydrogens (tertiary/aromatic N) is 2. The second-order valence-corrected chi connectivity index (χ2v) is 4.18. The Labute approximate surface area is 113 Å². The van der Waals surface area contributed by atoms with Gasteiger partial charge in [-0.1, -0.05) is 0 Å². The Kier molecular flexibility index (Phi) is 8.32. The van der Waals surface area contributed by atoms with Gasteiger partial charge in [0.25, 0.3) is 0 Å².